The third kappa shape index (κ3) is 6.08. The number of benzene rings is 1. The minimum Gasteiger partial charge on any atom is -0.486 e. The third-order valence-corrected chi connectivity index (χ3v) is 6.42. The lowest BCUT2D eigenvalue weighted by molar-refractivity contribution is 0.100. The Morgan fingerprint density at radius 2 is 1.89 bits per heavy atom. The highest BCUT2D eigenvalue weighted by Gasteiger charge is 2.29. The van der Waals surface area contributed by atoms with Crippen LogP contribution in [0.2, 0.25) is 0 Å². The van der Waals surface area contributed by atoms with Crippen molar-refractivity contribution in [1.82, 2.24) is 19.8 Å². The Balaban J connectivity index is 0.00000180. The van der Waals surface area contributed by atoms with Crippen molar-refractivity contribution in [1.29, 1.82) is 5.26 Å². The van der Waals surface area contributed by atoms with Crippen molar-refractivity contribution >= 4 is 35.7 Å². The molecular formula is C25H28Cl2FN5O3. The molecule has 0 amide bonds. The summed E-state index contributed by atoms with van der Waals surface area (Å²) in [4.78, 5) is 18.9. The Morgan fingerprint density at radius 3 is 2.67 bits per heavy atom. The van der Waals surface area contributed by atoms with Gasteiger partial charge in [0.2, 0.25) is 0 Å². The molecular weight excluding hydrogens is 508 g/mol. The summed E-state index contributed by atoms with van der Waals surface area (Å²) in [5, 5.41) is 13.4. The second-order valence-electron chi connectivity index (χ2n) is 8.62. The molecule has 2 unspecified atom stereocenters. The van der Waals surface area contributed by atoms with Crippen molar-refractivity contribution in [3.8, 4) is 17.6 Å². The number of ether oxygens (including phenoxy) is 2. The number of hydrogen-bond donors (Lipinski definition) is 1. The summed E-state index contributed by atoms with van der Waals surface area (Å²) in [6, 6.07) is 12.3. The first-order valence-electron chi connectivity index (χ1n) is 11.5. The zero-order chi connectivity index (χ0) is 23.5. The fourth-order valence-corrected chi connectivity index (χ4v) is 4.55. The number of nitrogens with one attached hydrogen (secondary N) is 1. The van der Waals surface area contributed by atoms with Crippen molar-refractivity contribution in [3.63, 3.8) is 0 Å². The first kappa shape index (κ1) is 27.7. The number of nitrogens with zero attached hydrogens (tertiary/aromatic N) is 4. The Labute approximate surface area is 220 Å². The minimum atomic E-state index is -1.03. The molecule has 2 aromatic heterocycles. The van der Waals surface area contributed by atoms with E-state index in [1.165, 1.54) is 6.07 Å². The molecule has 1 N–H and O–H groups in total. The quantitative estimate of drug-likeness (QED) is 0.518. The molecule has 2 aliphatic heterocycles. The molecule has 1 saturated heterocycles. The summed E-state index contributed by atoms with van der Waals surface area (Å²) < 4.78 is 27.7. The van der Waals surface area contributed by atoms with E-state index < -0.39 is 6.17 Å². The van der Waals surface area contributed by atoms with Crippen LogP contribution in [0.4, 0.5) is 4.39 Å². The maximum Gasteiger partial charge on any atom is 0.251 e. The second-order valence-corrected chi connectivity index (χ2v) is 8.62. The van der Waals surface area contributed by atoms with Crippen LogP contribution in [0.1, 0.15) is 17.7 Å². The van der Waals surface area contributed by atoms with E-state index in [1.807, 2.05) is 17.0 Å². The van der Waals surface area contributed by atoms with Crippen LogP contribution < -0.4 is 20.3 Å². The molecule has 1 aromatic carbocycles. The average Bonchev–Trinajstić information content (AvgIpc) is 2.87. The van der Waals surface area contributed by atoms with E-state index in [4.69, 9.17) is 9.47 Å². The molecule has 0 bridgehead atoms. The average molecular weight is 536 g/mol. The number of aromatic nitrogens is 2. The van der Waals surface area contributed by atoms with Crippen molar-refractivity contribution in [3.05, 3.63) is 64.2 Å². The van der Waals surface area contributed by atoms with Crippen LogP contribution in [-0.2, 0) is 13.1 Å². The molecule has 0 aliphatic carbocycles. The first-order chi connectivity index (χ1) is 16.6. The lowest BCUT2D eigenvalue weighted by Crippen LogP contribution is -2.51. The highest BCUT2D eigenvalue weighted by molar-refractivity contribution is 5.85. The molecule has 11 heteroatoms. The van der Waals surface area contributed by atoms with Gasteiger partial charge in [-0.2, -0.15) is 5.26 Å². The third-order valence-electron chi connectivity index (χ3n) is 6.42. The zero-order valence-electron chi connectivity index (χ0n) is 19.6. The molecule has 0 radical (unpaired) electrons. The maximum absolute atomic E-state index is 15.0. The van der Waals surface area contributed by atoms with Gasteiger partial charge in [-0.05, 0) is 36.6 Å². The summed E-state index contributed by atoms with van der Waals surface area (Å²) in [5.41, 5.74) is 1.90. The standard InChI is InChI=1S/C25H26FN5O3.2ClH/c26-20-16-30(7-8-31-22-11-17(13-27)1-2-18(22)3-4-25(31)32)6-5-21(20)29-14-19-12-23-24(15-28-19)34-10-9-33-23;;/h1-4,11-12,15,20-21,29H,5-10,14,16H2;2*1H. The predicted octanol–water partition coefficient (Wildman–Crippen LogP) is 3.09. The molecule has 4 heterocycles. The predicted molar refractivity (Wildman–Crippen MR) is 139 cm³/mol. The number of likely N-dealkylation sites (tertiary alicyclic amines) is 1. The summed E-state index contributed by atoms with van der Waals surface area (Å²) in [6.45, 7) is 3.52. The van der Waals surface area contributed by atoms with Gasteiger partial charge in [0, 0.05) is 44.4 Å². The van der Waals surface area contributed by atoms with Gasteiger partial charge in [-0.3, -0.25) is 14.7 Å². The Bertz CT molecular complexity index is 1300. The van der Waals surface area contributed by atoms with E-state index in [9.17, 15) is 14.4 Å². The summed E-state index contributed by atoms with van der Waals surface area (Å²) in [6.07, 6.45) is 1.28. The monoisotopic (exact) mass is 535 g/mol. The van der Waals surface area contributed by atoms with Gasteiger partial charge in [0.15, 0.2) is 11.5 Å². The SMILES string of the molecule is Cl.Cl.N#Cc1ccc2ccc(=O)n(CCN3CCC(NCc4cc5c(cn4)OCCO5)C(F)C3)c2c1. The molecule has 2 aliphatic rings. The molecule has 8 nitrogen and oxygen atoms in total. The van der Waals surface area contributed by atoms with E-state index in [0.717, 1.165) is 23.1 Å². The number of pyridine rings is 2. The fraction of sp³-hybridized carbons (Fsp3) is 0.400. The van der Waals surface area contributed by atoms with Crippen molar-refractivity contribution in [2.24, 2.45) is 0 Å². The smallest absolute Gasteiger partial charge is 0.251 e. The normalized spacial score (nSPS) is 19.1. The van der Waals surface area contributed by atoms with Crippen LogP contribution in [0, 0.1) is 11.3 Å². The number of hydrogen-bond acceptors (Lipinski definition) is 7. The van der Waals surface area contributed by atoms with Gasteiger partial charge < -0.3 is 19.4 Å². The van der Waals surface area contributed by atoms with E-state index in [1.54, 1.807) is 29.0 Å². The lowest BCUT2D eigenvalue weighted by Gasteiger charge is -2.35. The highest BCUT2D eigenvalue weighted by Crippen LogP contribution is 2.29. The summed E-state index contributed by atoms with van der Waals surface area (Å²) >= 11 is 0. The number of nitriles is 1. The number of halogens is 3. The van der Waals surface area contributed by atoms with Crippen LogP contribution in [0.25, 0.3) is 10.9 Å². The Hall–Kier alpha value is -2.90. The van der Waals surface area contributed by atoms with Crippen LogP contribution in [0.15, 0.2) is 47.4 Å². The molecule has 3 aromatic rings. The van der Waals surface area contributed by atoms with Crippen molar-refractivity contribution < 1.29 is 13.9 Å². The largest absolute Gasteiger partial charge is 0.486 e. The summed E-state index contributed by atoms with van der Waals surface area (Å²) in [7, 11) is 0. The first-order valence-corrected chi connectivity index (χ1v) is 11.5. The number of rotatable bonds is 6. The number of fused-ring (bicyclic) bond motifs is 2. The molecule has 5 rings (SSSR count). The number of alkyl halides is 1. The van der Waals surface area contributed by atoms with Gasteiger partial charge in [0.1, 0.15) is 19.4 Å². The molecule has 0 saturated carbocycles. The molecule has 2 atom stereocenters. The maximum atomic E-state index is 15.0. The topological polar surface area (TPSA) is 92.4 Å². The Morgan fingerprint density at radius 1 is 1.11 bits per heavy atom. The van der Waals surface area contributed by atoms with Gasteiger partial charge in [-0.1, -0.05) is 6.07 Å². The second kappa shape index (κ2) is 12.4. The molecule has 1 fully saturated rings. The minimum absolute atomic E-state index is 0. The lowest BCUT2D eigenvalue weighted by atomic mass is 10.0. The van der Waals surface area contributed by atoms with E-state index in [-0.39, 0.29) is 36.4 Å². The fourth-order valence-electron chi connectivity index (χ4n) is 4.55. The zero-order valence-corrected chi connectivity index (χ0v) is 21.2. The molecule has 36 heavy (non-hydrogen) atoms. The molecule has 192 valence electrons. The van der Waals surface area contributed by atoms with Crippen LogP contribution in [0.5, 0.6) is 11.5 Å². The van der Waals surface area contributed by atoms with Gasteiger partial charge in [-0.25, -0.2) is 4.39 Å². The Kier molecular flexibility index (Phi) is 9.51. The highest BCUT2D eigenvalue weighted by atomic mass is 35.5. The van der Waals surface area contributed by atoms with Crippen LogP contribution in [-0.4, -0.2) is 59.5 Å². The summed E-state index contributed by atoms with van der Waals surface area (Å²) in [5.74, 6) is 1.32. The van der Waals surface area contributed by atoms with Gasteiger partial charge in [-0.15, -0.1) is 24.8 Å². The van der Waals surface area contributed by atoms with E-state index in [2.05, 4.69) is 16.4 Å². The van der Waals surface area contributed by atoms with Crippen LogP contribution >= 0.6 is 24.8 Å². The number of piperidine rings is 1. The van der Waals surface area contributed by atoms with E-state index >= 15 is 0 Å². The van der Waals surface area contributed by atoms with Gasteiger partial charge in [0.05, 0.1) is 29.0 Å². The van der Waals surface area contributed by atoms with Gasteiger partial charge >= 0.3 is 0 Å². The van der Waals surface area contributed by atoms with E-state index in [0.29, 0.717) is 62.9 Å². The molecule has 0 spiro atoms. The van der Waals surface area contributed by atoms with Gasteiger partial charge in [0.25, 0.3) is 5.56 Å². The van der Waals surface area contributed by atoms with Crippen LogP contribution in [0.3, 0.4) is 0 Å². The van der Waals surface area contributed by atoms with Crippen molar-refractivity contribution in [2.45, 2.75) is 31.7 Å². The van der Waals surface area contributed by atoms with Crippen molar-refractivity contribution in [2.75, 3.05) is 32.8 Å².